The van der Waals surface area contributed by atoms with Crippen molar-refractivity contribution in [3.05, 3.63) is 94.2 Å². The first kappa shape index (κ1) is 29.6. The zero-order chi connectivity index (χ0) is 28.9. The average molecular weight is 605 g/mol. The van der Waals surface area contributed by atoms with E-state index in [0.717, 1.165) is 33.3 Å². The second-order valence-electron chi connectivity index (χ2n) is 9.14. The maximum absolute atomic E-state index is 15.7. The van der Waals surface area contributed by atoms with Crippen LogP contribution in [-0.4, -0.2) is 53.2 Å². The van der Waals surface area contributed by atoms with Crippen LogP contribution in [0.3, 0.4) is 0 Å². The van der Waals surface area contributed by atoms with Crippen LogP contribution >= 0.6 is 22.9 Å². The smallest absolute Gasteiger partial charge is 0.269 e. The Bertz CT molecular complexity index is 1540. The van der Waals surface area contributed by atoms with Crippen molar-refractivity contribution in [1.29, 1.82) is 0 Å². The van der Waals surface area contributed by atoms with Gasteiger partial charge >= 0.3 is 0 Å². The molecule has 1 N–H and O–H groups in total. The van der Waals surface area contributed by atoms with Gasteiger partial charge in [-0.25, -0.2) is 22.1 Å². The fourth-order valence-electron chi connectivity index (χ4n) is 4.16. The molecule has 0 amide bonds. The number of nitrogens with one attached hydrogen (secondary N) is 1. The Hall–Kier alpha value is -3.38. The predicted molar refractivity (Wildman–Crippen MR) is 158 cm³/mol. The summed E-state index contributed by atoms with van der Waals surface area (Å²) in [6.45, 7) is 0.447. The highest BCUT2D eigenvalue weighted by molar-refractivity contribution is 7.93. The Kier molecular flexibility index (Phi) is 9.52. The molecule has 0 radical (unpaired) electrons. The van der Waals surface area contributed by atoms with Crippen LogP contribution in [0.5, 0.6) is 11.5 Å². The SMILES string of the molecule is COc1ccc(CN(c2nccs2)S(=O)(=O)c2cc(Cl)c(N[C@@H](CN(C)C)c3ccccc3)cc2F)c(OC)c1. The minimum atomic E-state index is -4.43. The lowest BCUT2D eigenvalue weighted by Gasteiger charge is -2.26. The number of hydrogen-bond donors (Lipinski definition) is 1. The molecule has 0 saturated carbocycles. The van der Waals surface area contributed by atoms with Gasteiger partial charge in [0.2, 0.25) is 0 Å². The molecule has 1 heterocycles. The van der Waals surface area contributed by atoms with E-state index in [-0.39, 0.29) is 28.4 Å². The number of anilines is 2. The molecule has 212 valence electrons. The van der Waals surface area contributed by atoms with Crippen molar-refractivity contribution < 1.29 is 22.3 Å². The van der Waals surface area contributed by atoms with Crippen molar-refractivity contribution in [2.75, 3.05) is 44.5 Å². The second-order valence-corrected chi connectivity index (χ2v) is 12.2. The molecule has 3 aromatic carbocycles. The number of likely N-dealkylation sites (N-methyl/N-ethyl adjacent to an activating group) is 1. The predicted octanol–water partition coefficient (Wildman–Crippen LogP) is 6.06. The first-order valence-corrected chi connectivity index (χ1v) is 14.9. The third kappa shape index (κ3) is 6.67. The average Bonchev–Trinajstić information content (AvgIpc) is 3.47. The third-order valence-electron chi connectivity index (χ3n) is 6.11. The maximum Gasteiger partial charge on any atom is 0.269 e. The fourth-order valence-corrected chi connectivity index (χ4v) is 6.78. The van der Waals surface area contributed by atoms with E-state index in [4.69, 9.17) is 21.1 Å². The van der Waals surface area contributed by atoms with Crippen LogP contribution in [0, 0.1) is 5.82 Å². The summed E-state index contributed by atoms with van der Waals surface area (Å²) in [4.78, 5) is 5.62. The number of sulfonamides is 1. The van der Waals surface area contributed by atoms with Gasteiger partial charge in [0.05, 0.1) is 37.5 Å². The highest BCUT2D eigenvalue weighted by atomic mass is 35.5. The molecule has 0 fully saturated rings. The van der Waals surface area contributed by atoms with Crippen molar-refractivity contribution in [1.82, 2.24) is 9.88 Å². The molecule has 4 rings (SSSR count). The number of nitrogens with zero attached hydrogens (tertiary/aromatic N) is 3. The van der Waals surface area contributed by atoms with Crippen LogP contribution in [0.1, 0.15) is 17.2 Å². The van der Waals surface area contributed by atoms with E-state index in [9.17, 15) is 8.42 Å². The quantitative estimate of drug-likeness (QED) is 0.210. The van der Waals surface area contributed by atoms with E-state index in [0.29, 0.717) is 23.6 Å². The minimum Gasteiger partial charge on any atom is -0.497 e. The van der Waals surface area contributed by atoms with Gasteiger partial charge in [0, 0.05) is 29.8 Å². The van der Waals surface area contributed by atoms with Crippen LogP contribution in [0.15, 0.2) is 77.1 Å². The molecule has 40 heavy (non-hydrogen) atoms. The normalized spacial score (nSPS) is 12.3. The van der Waals surface area contributed by atoms with E-state index in [1.807, 2.05) is 49.3 Å². The van der Waals surface area contributed by atoms with Gasteiger partial charge in [-0.1, -0.05) is 41.9 Å². The molecular weight excluding hydrogens is 575 g/mol. The largest absolute Gasteiger partial charge is 0.497 e. The highest BCUT2D eigenvalue weighted by Crippen LogP contribution is 2.36. The van der Waals surface area contributed by atoms with Gasteiger partial charge in [-0.2, -0.15) is 0 Å². The van der Waals surface area contributed by atoms with E-state index >= 15 is 4.39 Å². The van der Waals surface area contributed by atoms with Crippen molar-refractivity contribution in [3.8, 4) is 11.5 Å². The first-order chi connectivity index (χ1) is 19.1. The lowest BCUT2D eigenvalue weighted by molar-refractivity contribution is 0.387. The molecule has 8 nitrogen and oxygen atoms in total. The van der Waals surface area contributed by atoms with Crippen molar-refractivity contribution in [2.45, 2.75) is 17.5 Å². The molecule has 0 unspecified atom stereocenters. The fraction of sp³-hybridized carbons (Fsp3) is 0.250. The molecule has 12 heteroatoms. The molecule has 0 aliphatic heterocycles. The van der Waals surface area contributed by atoms with Gasteiger partial charge in [-0.3, -0.25) is 0 Å². The Morgan fingerprint density at radius 2 is 1.82 bits per heavy atom. The van der Waals surface area contributed by atoms with Gasteiger partial charge in [-0.15, -0.1) is 11.3 Å². The summed E-state index contributed by atoms with van der Waals surface area (Å²) in [6.07, 6.45) is 1.48. The summed E-state index contributed by atoms with van der Waals surface area (Å²) < 4.78 is 55.3. The van der Waals surface area contributed by atoms with Crippen LogP contribution in [0.25, 0.3) is 0 Å². The molecule has 0 spiro atoms. The third-order valence-corrected chi connectivity index (χ3v) is 9.08. The van der Waals surface area contributed by atoms with Crippen molar-refractivity contribution >= 4 is 43.8 Å². The number of halogens is 2. The highest BCUT2D eigenvalue weighted by Gasteiger charge is 2.32. The minimum absolute atomic E-state index is 0.0702. The molecule has 0 saturated heterocycles. The van der Waals surface area contributed by atoms with E-state index in [1.165, 1.54) is 20.4 Å². The molecule has 0 bridgehead atoms. The lowest BCUT2D eigenvalue weighted by Crippen LogP contribution is -2.31. The van der Waals surface area contributed by atoms with Crippen molar-refractivity contribution in [2.24, 2.45) is 0 Å². The standard InChI is InChI=1S/C28H30ClFN4O4S2/c1-33(2)18-25(19-8-6-5-7-9-19)32-24-16-23(30)27(15-22(24)29)40(35,36)34(28-31-12-13-39-28)17-20-10-11-21(37-3)14-26(20)38-4/h5-16,25,32H,17-18H2,1-4H3/t25-/m0/s1. The molecule has 1 aromatic heterocycles. The number of aromatic nitrogens is 1. The summed E-state index contributed by atoms with van der Waals surface area (Å²) >= 11 is 7.69. The zero-order valence-corrected chi connectivity index (χ0v) is 24.9. The maximum atomic E-state index is 15.7. The number of benzene rings is 3. The van der Waals surface area contributed by atoms with Gasteiger partial charge in [-0.05, 0) is 43.9 Å². The van der Waals surface area contributed by atoms with Gasteiger partial charge in [0.15, 0.2) is 5.13 Å². The number of thiazole rings is 1. The zero-order valence-electron chi connectivity index (χ0n) is 22.5. The van der Waals surface area contributed by atoms with Crippen LogP contribution in [0.2, 0.25) is 5.02 Å². The summed E-state index contributed by atoms with van der Waals surface area (Å²) in [6, 6.07) is 16.8. The molecule has 0 aliphatic rings. The van der Waals surface area contributed by atoms with Crippen LogP contribution < -0.4 is 19.1 Å². The number of hydrogen-bond acceptors (Lipinski definition) is 8. The topological polar surface area (TPSA) is 84.0 Å². The number of methoxy groups -OCH3 is 2. The summed E-state index contributed by atoms with van der Waals surface area (Å²) in [7, 11) is 2.43. The van der Waals surface area contributed by atoms with Crippen LogP contribution in [0.4, 0.5) is 15.2 Å². The van der Waals surface area contributed by atoms with E-state index < -0.39 is 20.7 Å². The summed E-state index contributed by atoms with van der Waals surface area (Å²) in [5.41, 5.74) is 1.81. The Morgan fingerprint density at radius 3 is 2.45 bits per heavy atom. The monoisotopic (exact) mass is 604 g/mol. The van der Waals surface area contributed by atoms with E-state index in [2.05, 4.69) is 10.3 Å². The molecular formula is C28H30ClFN4O4S2. The Balaban J connectivity index is 1.71. The summed E-state index contributed by atoms with van der Waals surface area (Å²) in [5.74, 6) is 0.0297. The summed E-state index contributed by atoms with van der Waals surface area (Å²) in [5, 5.41) is 5.17. The van der Waals surface area contributed by atoms with Gasteiger partial charge < -0.3 is 19.7 Å². The molecule has 0 aliphatic carbocycles. The lowest BCUT2D eigenvalue weighted by atomic mass is 10.1. The van der Waals surface area contributed by atoms with E-state index in [1.54, 1.807) is 23.6 Å². The van der Waals surface area contributed by atoms with Gasteiger partial charge in [0.25, 0.3) is 10.0 Å². The van der Waals surface area contributed by atoms with Gasteiger partial charge in [0.1, 0.15) is 22.2 Å². The number of rotatable bonds is 12. The second kappa shape index (κ2) is 12.9. The Labute approximate surface area is 243 Å². The molecule has 1 atom stereocenters. The number of ether oxygens (including phenoxy) is 2. The Morgan fingerprint density at radius 1 is 1.07 bits per heavy atom. The van der Waals surface area contributed by atoms with Crippen molar-refractivity contribution in [3.63, 3.8) is 0 Å². The van der Waals surface area contributed by atoms with Crippen LogP contribution in [-0.2, 0) is 16.6 Å². The first-order valence-electron chi connectivity index (χ1n) is 12.2. The molecule has 4 aromatic rings.